The number of rotatable bonds is 6. The molecule has 0 bridgehead atoms. The number of carbonyl (C=O) groups is 1. The number of nitrogens with one attached hydrogen (secondary N) is 1. The fourth-order valence-corrected chi connectivity index (χ4v) is 3.32. The van der Waals surface area contributed by atoms with Gasteiger partial charge in [0.1, 0.15) is 10.8 Å². The summed E-state index contributed by atoms with van der Waals surface area (Å²) in [5.74, 6) is 0.540. The van der Waals surface area contributed by atoms with Gasteiger partial charge in [0.05, 0.1) is 23.7 Å². The second kappa shape index (κ2) is 8.45. The van der Waals surface area contributed by atoms with Crippen molar-refractivity contribution < 1.29 is 9.21 Å². The molecule has 0 aliphatic heterocycles. The van der Waals surface area contributed by atoms with E-state index < -0.39 is 0 Å². The SMILES string of the molecule is Cc1ccc(-n2nc(S[C@@H](C)C(=O)NCc3ccco3)ccc2=O)cc1Cl. The second-order valence-electron chi connectivity index (χ2n) is 5.91. The van der Waals surface area contributed by atoms with Gasteiger partial charge in [-0.3, -0.25) is 9.59 Å². The Bertz CT molecular complexity index is 1000. The van der Waals surface area contributed by atoms with Gasteiger partial charge in [0, 0.05) is 11.1 Å². The van der Waals surface area contributed by atoms with E-state index in [2.05, 4.69) is 10.4 Å². The molecule has 0 aliphatic rings. The predicted octanol–water partition coefficient (Wildman–Crippen LogP) is 3.58. The van der Waals surface area contributed by atoms with Crippen molar-refractivity contribution in [2.24, 2.45) is 0 Å². The maximum absolute atomic E-state index is 12.3. The third-order valence-electron chi connectivity index (χ3n) is 3.86. The Balaban J connectivity index is 1.72. The number of furan rings is 1. The molecule has 0 aliphatic carbocycles. The lowest BCUT2D eigenvalue weighted by molar-refractivity contribution is -0.120. The van der Waals surface area contributed by atoms with Crippen molar-refractivity contribution >= 4 is 29.3 Å². The monoisotopic (exact) mass is 403 g/mol. The van der Waals surface area contributed by atoms with Gasteiger partial charge in [0.25, 0.3) is 5.56 Å². The van der Waals surface area contributed by atoms with Gasteiger partial charge in [-0.15, -0.1) is 0 Å². The number of hydrogen-bond donors (Lipinski definition) is 1. The summed E-state index contributed by atoms with van der Waals surface area (Å²) in [7, 11) is 0. The van der Waals surface area contributed by atoms with E-state index in [0.29, 0.717) is 28.0 Å². The van der Waals surface area contributed by atoms with Crippen molar-refractivity contribution in [3.8, 4) is 5.69 Å². The van der Waals surface area contributed by atoms with Gasteiger partial charge in [0.2, 0.25) is 5.91 Å². The van der Waals surface area contributed by atoms with Crippen LogP contribution in [0.4, 0.5) is 0 Å². The smallest absolute Gasteiger partial charge is 0.271 e. The fraction of sp³-hybridized carbons (Fsp3) is 0.211. The molecule has 2 heterocycles. The molecule has 3 aromatic rings. The number of aromatic nitrogens is 2. The topological polar surface area (TPSA) is 77.1 Å². The minimum absolute atomic E-state index is 0.144. The van der Waals surface area contributed by atoms with E-state index in [9.17, 15) is 9.59 Å². The molecule has 0 radical (unpaired) electrons. The maximum Gasteiger partial charge on any atom is 0.271 e. The van der Waals surface area contributed by atoms with Gasteiger partial charge in [-0.25, -0.2) is 0 Å². The summed E-state index contributed by atoms with van der Waals surface area (Å²) in [6.45, 7) is 3.99. The summed E-state index contributed by atoms with van der Waals surface area (Å²) in [4.78, 5) is 24.4. The van der Waals surface area contributed by atoms with E-state index in [0.717, 1.165) is 5.56 Å². The molecule has 0 saturated carbocycles. The molecule has 1 amide bonds. The summed E-state index contributed by atoms with van der Waals surface area (Å²) in [5.41, 5.74) is 1.23. The number of benzene rings is 1. The standard InChI is InChI=1S/C19H18ClN3O3S/c1-12-5-6-14(10-16(12)20)23-18(24)8-7-17(22-23)27-13(2)19(25)21-11-15-4-3-9-26-15/h3-10,13H,11H2,1-2H3,(H,21,25)/t13-/m0/s1. The van der Waals surface area contributed by atoms with Crippen LogP contribution in [0, 0.1) is 6.92 Å². The normalized spacial score (nSPS) is 12.0. The van der Waals surface area contributed by atoms with Crippen LogP contribution in [0.1, 0.15) is 18.2 Å². The predicted molar refractivity (Wildman–Crippen MR) is 105 cm³/mol. The Morgan fingerprint density at radius 2 is 2.15 bits per heavy atom. The number of thioether (sulfide) groups is 1. The summed E-state index contributed by atoms with van der Waals surface area (Å²) >= 11 is 7.42. The molecule has 0 fully saturated rings. The molecular formula is C19H18ClN3O3S. The van der Waals surface area contributed by atoms with Crippen LogP contribution in [0.2, 0.25) is 5.02 Å². The van der Waals surface area contributed by atoms with Crippen molar-refractivity contribution in [1.29, 1.82) is 0 Å². The van der Waals surface area contributed by atoms with E-state index in [1.54, 1.807) is 43.5 Å². The van der Waals surface area contributed by atoms with E-state index in [1.807, 2.05) is 13.0 Å². The van der Waals surface area contributed by atoms with E-state index in [-0.39, 0.29) is 16.7 Å². The highest BCUT2D eigenvalue weighted by Gasteiger charge is 2.16. The second-order valence-corrected chi connectivity index (χ2v) is 7.68. The molecule has 8 heteroatoms. The molecule has 6 nitrogen and oxygen atoms in total. The molecule has 1 N–H and O–H groups in total. The average Bonchev–Trinajstić information content (AvgIpc) is 3.17. The number of halogens is 1. The minimum atomic E-state index is -0.389. The van der Waals surface area contributed by atoms with Crippen molar-refractivity contribution in [2.75, 3.05) is 0 Å². The van der Waals surface area contributed by atoms with Crippen LogP contribution in [-0.4, -0.2) is 20.9 Å². The van der Waals surface area contributed by atoms with Gasteiger partial charge in [-0.1, -0.05) is 29.4 Å². The summed E-state index contributed by atoms with van der Waals surface area (Å²) in [6.07, 6.45) is 1.56. The van der Waals surface area contributed by atoms with Crippen LogP contribution >= 0.6 is 23.4 Å². The van der Waals surface area contributed by atoms with Gasteiger partial charge in [-0.05, 0) is 49.7 Å². The fourth-order valence-electron chi connectivity index (χ4n) is 2.32. The summed E-state index contributed by atoms with van der Waals surface area (Å²) in [5, 5.41) is 7.90. The zero-order valence-corrected chi connectivity index (χ0v) is 16.4. The zero-order chi connectivity index (χ0) is 19.4. The first-order valence-corrected chi connectivity index (χ1v) is 9.53. The number of amides is 1. The lowest BCUT2D eigenvalue weighted by Crippen LogP contribution is -2.30. The highest BCUT2D eigenvalue weighted by molar-refractivity contribution is 8.00. The van der Waals surface area contributed by atoms with Crippen LogP contribution in [0.25, 0.3) is 5.69 Å². The molecule has 1 atom stereocenters. The molecule has 2 aromatic heterocycles. The van der Waals surface area contributed by atoms with Crippen LogP contribution in [-0.2, 0) is 11.3 Å². The number of aryl methyl sites for hydroxylation is 1. The van der Waals surface area contributed by atoms with Crippen molar-refractivity contribution in [2.45, 2.75) is 30.7 Å². The number of carbonyl (C=O) groups excluding carboxylic acids is 1. The molecule has 140 valence electrons. The lowest BCUT2D eigenvalue weighted by atomic mass is 10.2. The first kappa shape index (κ1) is 19.3. The molecular weight excluding hydrogens is 386 g/mol. The summed E-state index contributed by atoms with van der Waals surface area (Å²) < 4.78 is 6.47. The Labute approximate surface area is 165 Å². The summed E-state index contributed by atoms with van der Waals surface area (Å²) in [6, 6.07) is 11.9. The number of hydrogen-bond acceptors (Lipinski definition) is 5. The number of nitrogens with zero attached hydrogens (tertiary/aromatic N) is 2. The Morgan fingerprint density at radius 1 is 1.33 bits per heavy atom. The van der Waals surface area contributed by atoms with Crippen LogP contribution in [0.3, 0.4) is 0 Å². The third kappa shape index (κ3) is 4.81. The Hall–Kier alpha value is -2.51. The van der Waals surface area contributed by atoms with Gasteiger partial charge < -0.3 is 9.73 Å². The van der Waals surface area contributed by atoms with Gasteiger partial charge >= 0.3 is 0 Å². The minimum Gasteiger partial charge on any atom is -0.467 e. The molecule has 3 rings (SSSR count). The molecule has 0 saturated heterocycles. The Morgan fingerprint density at radius 3 is 2.85 bits per heavy atom. The first-order chi connectivity index (χ1) is 12.9. The molecule has 0 spiro atoms. The molecule has 0 unspecified atom stereocenters. The largest absolute Gasteiger partial charge is 0.467 e. The highest BCUT2D eigenvalue weighted by Crippen LogP contribution is 2.22. The average molecular weight is 404 g/mol. The molecule has 27 heavy (non-hydrogen) atoms. The van der Waals surface area contributed by atoms with Gasteiger partial charge in [0.15, 0.2) is 0 Å². The van der Waals surface area contributed by atoms with Crippen molar-refractivity contribution in [3.63, 3.8) is 0 Å². The Kier molecular flexibility index (Phi) is 6.03. The van der Waals surface area contributed by atoms with Crippen molar-refractivity contribution in [1.82, 2.24) is 15.1 Å². The van der Waals surface area contributed by atoms with E-state index in [4.69, 9.17) is 16.0 Å². The quantitative estimate of drug-likeness (QED) is 0.636. The van der Waals surface area contributed by atoms with Gasteiger partial charge in [-0.2, -0.15) is 9.78 Å². The molecule has 1 aromatic carbocycles. The van der Waals surface area contributed by atoms with E-state index >= 15 is 0 Å². The van der Waals surface area contributed by atoms with Crippen molar-refractivity contribution in [3.05, 3.63) is 75.4 Å². The maximum atomic E-state index is 12.3. The third-order valence-corrected chi connectivity index (χ3v) is 5.29. The van der Waals surface area contributed by atoms with Crippen LogP contribution in [0.15, 0.2) is 63.0 Å². The first-order valence-electron chi connectivity index (χ1n) is 8.27. The van der Waals surface area contributed by atoms with E-state index in [1.165, 1.54) is 22.5 Å². The van der Waals surface area contributed by atoms with Crippen LogP contribution < -0.4 is 10.9 Å². The van der Waals surface area contributed by atoms with Crippen LogP contribution in [0.5, 0.6) is 0 Å². The zero-order valence-electron chi connectivity index (χ0n) is 14.8. The highest BCUT2D eigenvalue weighted by atomic mass is 35.5. The lowest BCUT2D eigenvalue weighted by Gasteiger charge is -2.12.